The number of rotatable bonds is 2. The van der Waals surface area contributed by atoms with Gasteiger partial charge in [0.25, 0.3) is 0 Å². The normalized spacial score (nSPS) is 14.8. The summed E-state index contributed by atoms with van der Waals surface area (Å²) in [6.07, 6.45) is 3.63. The molecule has 0 saturated heterocycles. The Bertz CT molecular complexity index is 551. The fourth-order valence-corrected chi connectivity index (χ4v) is 2.27. The predicted octanol–water partition coefficient (Wildman–Crippen LogP) is 1.95. The van der Waals surface area contributed by atoms with Crippen LogP contribution in [-0.4, -0.2) is 42.3 Å². The van der Waals surface area contributed by atoms with Crippen molar-refractivity contribution >= 4 is 18.1 Å². The van der Waals surface area contributed by atoms with Crippen LogP contribution < -0.4 is 0 Å². The number of carbonyl (C=O) groups is 2. The van der Waals surface area contributed by atoms with Crippen molar-refractivity contribution in [2.75, 3.05) is 20.2 Å². The highest BCUT2D eigenvalue weighted by molar-refractivity contribution is 5.86. The molecule has 1 amide bonds. The average Bonchev–Trinajstić information content (AvgIpc) is 2.66. The lowest BCUT2D eigenvalue weighted by Gasteiger charge is -2.14. The molecule has 0 saturated carbocycles. The molecule has 1 aromatic carbocycles. The van der Waals surface area contributed by atoms with Crippen molar-refractivity contribution in [3.05, 3.63) is 41.0 Å². The van der Waals surface area contributed by atoms with Crippen molar-refractivity contribution in [1.29, 1.82) is 0 Å². The lowest BCUT2D eigenvalue weighted by molar-refractivity contribution is -0.134. The molecule has 1 aliphatic rings. The molecule has 5 heteroatoms. The molecule has 1 N–H and O–H groups in total. The number of nitrogens with zero attached hydrogens (tertiary/aromatic N) is 1. The SMILES string of the molecule is COC(=O)/C=C/c1ccc2c(c1)CCN(C(=O)O)CC2. The van der Waals surface area contributed by atoms with Crippen LogP contribution in [0.25, 0.3) is 6.08 Å². The van der Waals surface area contributed by atoms with Gasteiger partial charge in [0.15, 0.2) is 0 Å². The van der Waals surface area contributed by atoms with Gasteiger partial charge >= 0.3 is 12.1 Å². The predicted molar refractivity (Wildman–Crippen MR) is 74.5 cm³/mol. The average molecular weight is 275 g/mol. The van der Waals surface area contributed by atoms with Crippen molar-refractivity contribution in [3.8, 4) is 0 Å². The third-order valence-corrected chi connectivity index (χ3v) is 3.42. The Morgan fingerprint density at radius 1 is 1.25 bits per heavy atom. The number of methoxy groups -OCH3 is 1. The number of carbonyl (C=O) groups excluding carboxylic acids is 1. The van der Waals surface area contributed by atoms with E-state index in [1.807, 2.05) is 18.2 Å². The highest BCUT2D eigenvalue weighted by Gasteiger charge is 2.17. The molecule has 0 fully saturated rings. The van der Waals surface area contributed by atoms with Crippen molar-refractivity contribution in [2.24, 2.45) is 0 Å². The van der Waals surface area contributed by atoms with Gasteiger partial charge in [-0.1, -0.05) is 18.2 Å². The van der Waals surface area contributed by atoms with Crippen LogP contribution in [0.2, 0.25) is 0 Å². The molecule has 0 unspecified atom stereocenters. The topological polar surface area (TPSA) is 66.8 Å². The van der Waals surface area contributed by atoms with E-state index in [-0.39, 0.29) is 0 Å². The van der Waals surface area contributed by atoms with Crippen molar-refractivity contribution < 1.29 is 19.4 Å². The van der Waals surface area contributed by atoms with Gasteiger partial charge in [-0.2, -0.15) is 0 Å². The molecule has 20 heavy (non-hydrogen) atoms. The molecule has 1 heterocycles. The zero-order valence-electron chi connectivity index (χ0n) is 11.3. The van der Waals surface area contributed by atoms with Crippen molar-refractivity contribution in [3.63, 3.8) is 0 Å². The van der Waals surface area contributed by atoms with Crippen LogP contribution in [-0.2, 0) is 22.4 Å². The Kier molecular flexibility index (Phi) is 4.40. The van der Waals surface area contributed by atoms with E-state index >= 15 is 0 Å². The van der Waals surface area contributed by atoms with Gasteiger partial charge < -0.3 is 14.7 Å². The van der Waals surface area contributed by atoms with Gasteiger partial charge in [0, 0.05) is 19.2 Å². The van der Waals surface area contributed by atoms with E-state index in [4.69, 9.17) is 5.11 Å². The fourth-order valence-electron chi connectivity index (χ4n) is 2.27. The molecule has 2 rings (SSSR count). The van der Waals surface area contributed by atoms with E-state index in [0.717, 1.165) is 17.5 Å². The van der Waals surface area contributed by atoms with E-state index in [1.54, 1.807) is 6.08 Å². The molecule has 0 aromatic heterocycles. The monoisotopic (exact) mass is 275 g/mol. The fraction of sp³-hybridized carbons (Fsp3) is 0.333. The van der Waals surface area contributed by atoms with E-state index < -0.39 is 12.1 Å². The first-order chi connectivity index (χ1) is 9.60. The van der Waals surface area contributed by atoms with Gasteiger partial charge in [0.05, 0.1) is 7.11 Å². The second kappa shape index (κ2) is 6.23. The van der Waals surface area contributed by atoms with Gasteiger partial charge in [-0.05, 0) is 35.6 Å². The number of fused-ring (bicyclic) bond motifs is 1. The van der Waals surface area contributed by atoms with Crippen LogP contribution in [0.4, 0.5) is 4.79 Å². The number of benzene rings is 1. The summed E-state index contributed by atoms with van der Waals surface area (Å²) in [4.78, 5) is 23.5. The van der Waals surface area contributed by atoms with Crippen LogP contribution in [0, 0.1) is 0 Å². The molecule has 5 nitrogen and oxygen atoms in total. The number of esters is 1. The van der Waals surface area contributed by atoms with E-state index in [0.29, 0.717) is 19.5 Å². The zero-order valence-corrected chi connectivity index (χ0v) is 11.3. The number of carboxylic acid groups (broad SMARTS) is 1. The summed E-state index contributed by atoms with van der Waals surface area (Å²) < 4.78 is 4.55. The summed E-state index contributed by atoms with van der Waals surface area (Å²) in [7, 11) is 1.34. The summed E-state index contributed by atoms with van der Waals surface area (Å²) in [5.74, 6) is -0.392. The summed E-state index contributed by atoms with van der Waals surface area (Å²) in [6.45, 7) is 1.03. The minimum Gasteiger partial charge on any atom is -0.466 e. The van der Waals surface area contributed by atoms with Crippen LogP contribution >= 0.6 is 0 Å². The first-order valence-corrected chi connectivity index (χ1v) is 6.46. The molecule has 0 radical (unpaired) electrons. The second-order valence-electron chi connectivity index (χ2n) is 4.65. The maximum absolute atomic E-state index is 11.1. The maximum Gasteiger partial charge on any atom is 0.407 e. The molecule has 1 aliphatic heterocycles. The van der Waals surface area contributed by atoms with Crippen LogP contribution in [0.15, 0.2) is 24.3 Å². The summed E-state index contributed by atoms with van der Waals surface area (Å²) in [5.41, 5.74) is 3.22. The zero-order chi connectivity index (χ0) is 14.5. The largest absolute Gasteiger partial charge is 0.466 e. The van der Waals surface area contributed by atoms with E-state index in [9.17, 15) is 9.59 Å². The lowest BCUT2D eigenvalue weighted by atomic mass is 10.00. The second-order valence-corrected chi connectivity index (χ2v) is 4.65. The molecular weight excluding hydrogens is 258 g/mol. The first kappa shape index (κ1) is 14.1. The van der Waals surface area contributed by atoms with Crippen LogP contribution in [0.5, 0.6) is 0 Å². The first-order valence-electron chi connectivity index (χ1n) is 6.46. The smallest absolute Gasteiger partial charge is 0.407 e. The molecule has 106 valence electrons. The molecule has 0 spiro atoms. The van der Waals surface area contributed by atoms with E-state index in [1.165, 1.54) is 23.6 Å². The number of amides is 1. The number of hydrogen-bond donors (Lipinski definition) is 1. The summed E-state index contributed by atoms with van der Waals surface area (Å²) in [6, 6.07) is 5.92. The van der Waals surface area contributed by atoms with Gasteiger partial charge in [0.2, 0.25) is 0 Å². The number of ether oxygens (including phenoxy) is 1. The maximum atomic E-state index is 11.1. The van der Waals surface area contributed by atoms with Gasteiger partial charge in [-0.15, -0.1) is 0 Å². The Morgan fingerprint density at radius 2 is 1.95 bits per heavy atom. The van der Waals surface area contributed by atoms with Gasteiger partial charge in [-0.3, -0.25) is 0 Å². The Morgan fingerprint density at radius 3 is 2.60 bits per heavy atom. The van der Waals surface area contributed by atoms with E-state index in [2.05, 4.69) is 4.74 Å². The Hall–Kier alpha value is -2.30. The molecule has 0 atom stereocenters. The number of hydrogen-bond acceptors (Lipinski definition) is 3. The molecule has 1 aromatic rings. The quantitative estimate of drug-likeness (QED) is 0.661. The van der Waals surface area contributed by atoms with Crippen LogP contribution in [0.1, 0.15) is 16.7 Å². The molecule has 0 aliphatic carbocycles. The lowest BCUT2D eigenvalue weighted by Crippen LogP contribution is -2.31. The molecular formula is C15H17NO4. The van der Waals surface area contributed by atoms with Crippen molar-refractivity contribution in [1.82, 2.24) is 4.90 Å². The van der Waals surface area contributed by atoms with Gasteiger partial charge in [-0.25, -0.2) is 9.59 Å². The van der Waals surface area contributed by atoms with Gasteiger partial charge in [0.1, 0.15) is 0 Å². The molecule has 0 bridgehead atoms. The summed E-state index contributed by atoms with van der Waals surface area (Å²) >= 11 is 0. The minimum absolute atomic E-state index is 0.392. The highest BCUT2D eigenvalue weighted by atomic mass is 16.5. The third-order valence-electron chi connectivity index (χ3n) is 3.42. The Balaban J connectivity index is 2.15. The van der Waals surface area contributed by atoms with Crippen LogP contribution in [0.3, 0.4) is 0 Å². The standard InChI is InChI=1S/C15H17NO4/c1-20-14(17)5-3-11-2-4-12-6-8-16(15(18)19)9-7-13(12)10-11/h2-5,10H,6-9H2,1H3,(H,18,19)/b5-3+. The van der Waals surface area contributed by atoms with Crippen molar-refractivity contribution in [2.45, 2.75) is 12.8 Å². The Labute approximate surface area is 117 Å². The highest BCUT2D eigenvalue weighted by Crippen LogP contribution is 2.18. The third kappa shape index (κ3) is 3.38. The minimum atomic E-state index is -0.872. The summed E-state index contributed by atoms with van der Waals surface area (Å²) in [5, 5.41) is 9.03.